The third-order valence-electron chi connectivity index (χ3n) is 5.10. The molecule has 0 bridgehead atoms. The van der Waals surface area contributed by atoms with Crippen molar-refractivity contribution < 1.29 is 9.59 Å². The molecule has 3 aromatic rings. The van der Waals surface area contributed by atoms with Crippen LogP contribution in [0.4, 0.5) is 5.69 Å². The molecule has 1 aromatic heterocycles. The number of carbonyl (C=O) groups excluding carboxylic acids is 2. The molecule has 1 aliphatic carbocycles. The maximum Gasteiger partial charge on any atom is 0.196 e. The molecule has 2 aliphatic rings. The fourth-order valence-corrected chi connectivity index (χ4v) is 4.43. The third-order valence-corrected chi connectivity index (χ3v) is 5.63. The lowest BCUT2D eigenvalue weighted by Gasteiger charge is -2.30. The molecule has 0 spiro atoms. The Morgan fingerprint density at radius 1 is 0.840 bits per heavy atom. The van der Waals surface area contributed by atoms with Crippen LogP contribution < -0.4 is 4.90 Å². The van der Waals surface area contributed by atoms with Gasteiger partial charge in [0.15, 0.2) is 11.6 Å². The molecule has 1 aliphatic heterocycles. The Morgan fingerprint density at radius 2 is 1.52 bits per heavy atom. The molecule has 0 atom stereocenters. The van der Waals surface area contributed by atoms with E-state index in [1.54, 1.807) is 24.3 Å². The van der Waals surface area contributed by atoms with E-state index < -0.39 is 0 Å². The molecule has 5 nitrogen and oxygen atoms in total. The van der Waals surface area contributed by atoms with Crippen LogP contribution in [0.3, 0.4) is 0 Å². The highest BCUT2D eigenvalue weighted by Crippen LogP contribution is 2.37. The van der Waals surface area contributed by atoms with Gasteiger partial charge in [0.05, 0.1) is 23.0 Å². The second kappa shape index (κ2) is 5.46. The van der Waals surface area contributed by atoms with Crippen molar-refractivity contribution in [2.24, 2.45) is 0 Å². The summed E-state index contributed by atoms with van der Waals surface area (Å²) in [6.07, 6.45) is 3.49. The second-order valence-electron chi connectivity index (χ2n) is 6.53. The van der Waals surface area contributed by atoms with Gasteiger partial charge in [0.1, 0.15) is 11.0 Å². The Balaban J connectivity index is 1.78. The van der Waals surface area contributed by atoms with E-state index >= 15 is 0 Å². The highest BCUT2D eigenvalue weighted by Gasteiger charge is 2.34. The number of rotatable bonds is 1. The number of benzene rings is 2. The van der Waals surface area contributed by atoms with E-state index in [4.69, 9.17) is 0 Å². The molecule has 1 saturated heterocycles. The first-order chi connectivity index (χ1) is 12.3. The fourth-order valence-electron chi connectivity index (χ4n) is 3.87. The van der Waals surface area contributed by atoms with Crippen molar-refractivity contribution in [2.75, 3.05) is 18.0 Å². The number of aromatic nitrogens is 2. The van der Waals surface area contributed by atoms with E-state index in [2.05, 4.69) is 13.6 Å². The number of piperidine rings is 1. The summed E-state index contributed by atoms with van der Waals surface area (Å²) >= 11 is 1.10. The first-order valence-electron chi connectivity index (χ1n) is 8.48. The molecule has 0 amide bonds. The zero-order valence-corrected chi connectivity index (χ0v) is 14.3. The van der Waals surface area contributed by atoms with Crippen molar-refractivity contribution in [1.29, 1.82) is 0 Å². The molecule has 0 saturated carbocycles. The molecule has 124 valence electrons. The number of ketones is 2. The average molecular weight is 349 g/mol. The normalized spacial score (nSPS) is 16.9. The summed E-state index contributed by atoms with van der Waals surface area (Å²) in [5.74, 6) is -0.230. The standard InChI is InChI=1S/C19H15N3O2S/c23-18-11-6-2-3-7-12(11)19(24)15-13(18)10-14(16-17(15)21-25-20-16)22-8-4-1-5-9-22/h2-3,6-7,10H,1,4-5,8-9H2. The molecule has 1 fully saturated rings. The van der Waals surface area contributed by atoms with Crippen molar-refractivity contribution in [3.8, 4) is 0 Å². The van der Waals surface area contributed by atoms with E-state index in [-0.39, 0.29) is 11.6 Å². The quantitative estimate of drug-likeness (QED) is 0.527. The zero-order valence-electron chi connectivity index (χ0n) is 13.5. The van der Waals surface area contributed by atoms with E-state index in [0.717, 1.165) is 48.9 Å². The topological polar surface area (TPSA) is 63.2 Å². The van der Waals surface area contributed by atoms with Gasteiger partial charge in [-0.2, -0.15) is 8.75 Å². The summed E-state index contributed by atoms with van der Waals surface area (Å²) in [6.45, 7) is 1.90. The van der Waals surface area contributed by atoms with Crippen molar-refractivity contribution >= 4 is 40.0 Å². The van der Waals surface area contributed by atoms with Gasteiger partial charge in [0.2, 0.25) is 0 Å². The van der Waals surface area contributed by atoms with E-state index in [1.165, 1.54) is 6.42 Å². The van der Waals surface area contributed by atoms with Crippen LogP contribution in [0.2, 0.25) is 0 Å². The van der Waals surface area contributed by atoms with Crippen LogP contribution in [0, 0.1) is 0 Å². The van der Waals surface area contributed by atoms with Crippen LogP contribution in [-0.2, 0) is 0 Å². The predicted octanol–water partition coefficient (Wildman–Crippen LogP) is 3.46. The Hall–Kier alpha value is -2.60. The van der Waals surface area contributed by atoms with Gasteiger partial charge in [0.25, 0.3) is 0 Å². The lowest BCUT2D eigenvalue weighted by atomic mass is 9.83. The number of nitrogens with zero attached hydrogens (tertiary/aromatic N) is 3. The van der Waals surface area contributed by atoms with Gasteiger partial charge < -0.3 is 4.90 Å². The molecule has 25 heavy (non-hydrogen) atoms. The summed E-state index contributed by atoms with van der Waals surface area (Å²) in [4.78, 5) is 28.3. The largest absolute Gasteiger partial charge is 0.370 e. The Morgan fingerprint density at radius 3 is 2.28 bits per heavy atom. The Labute approximate surface area is 148 Å². The van der Waals surface area contributed by atoms with Crippen molar-refractivity contribution in [2.45, 2.75) is 19.3 Å². The molecular formula is C19H15N3O2S. The first-order valence-corrected chi connectivity index (χ1v) is 9.21. The molecular weight excluding hydrogens is 334 g/mol. The lowest BCUT2D eigenvalue weighted by Crippen LogP contribution is -2.30. The van der Waals surface area contributed by atoms with Gasteiger partial charge in [-0.15, -0.1) is 0 Å². The third kappa shape index (κ3) is 2.07. The summed E-state index contributed by atoms with van der Waals surface area (Å²) in [5.41, 5.74) is 4.05. The van der Waals surface area contributed by atoms with Crippen molar-refractivity contribution in [1.82, 2.24) is 8.75 Å². The van der Waals surface area contributed by atoms with Gasteiger partial charge >= 0.3 is 0 Å². The lowest BCUT2D eigenvalue weighted by molar-refractivity contribution is 0.0980. The highest BCUT2D eigenvalue weighted by molar-refractivity contribution is 7.00. The minimum absolute atomic E-state index is 0.0987. The number of carbonyl (C=O) groups is 2. The van der Waals surface area contributed by atoms with E-state index in [9.17, 15) is 9.59 Å². The summed E-state index contributed by atoms with van der Waals surface area (Å²) in [7, 11) is 0. The van der Waals surface area contributed by atoms with Gasteiger partial charge in [-0.3, -0.25) is 9.59 Å². The van der Waals surface area contributed by atoms with Crippen LogP contribution in [0.1, 0.15) is 51.1 Å². The Kier molecular flexibility index (Phi) is 3.21. The van der Waals surface area contributed by atoms with Gasteiger partial charge in [0, 0.05) is 29.8 Å². The maximum atomic E-state index is 13.0. The molecule has 0 unspecified atom stereocenters. The molecule has 0 N–H and O–H groups in total. The van der Waals surface area contributed by atoms with Crippen LogP contribution in [-0.4, -0.2) is 33.4 Å². The van der Waals surface area contributed by atoms with Crippen molar-refractivity contribution in [3.05, 3.63) is 52.6 Å². The SMILES string of the molecule is O=C1c2ccccc2C(=O)c2c1cc(N1CCCCC1)c1nsnc21. The minimum atomic E-state index is -0.131. The van der Waals surface area contributed by atoms with E-state index in [1.807, 2.05) is 6.07 Å². The monoisotopic (exact) mass is 349 g/mol. The average Bonchev–Trinajstić information content (AvgIpc) is 3.15. The molecule has 6 heteroatoms. The number of hydrogen-bond donors (Lipinski definition) is 0. The van der Waals surface area contributed by atoms with Crippen molar-refractivity contribution in [3.63, 3.8) is 0 Å². The van der Waals surface area contributed by atoms with Crippen LogP contribution >= 0.6 is 11.7 Å². The summed E-state index contributed by atoms with van der Waals surface area (Å²) in [5, 5.41) is 0. The van der Waals surface area contributed by atoms with Gasteiger partial charge in [-0.05, 0) is 25.3 Å². The molecule has 5 rings (SSSR count). The molecule has 2 heterocycles. The Bertz CT molecular complexity index is 1030. The summed E-state index contributed by atoms with van der Waals surface area (Å²) in [6, 6.07) is 8.88. The van der Waals surface area contributed by atoms with Crippen LogP contribution in [0.25, 0.3) is 11.0 Å². The molecule has 2 aromatic carbocycles. The zero-order chi connectivity index (χ0) is 17.0. The van der Waals surface area contributed by atoms with Crippen LogP contribution in [0.5, 0.6) is 0 Å². The van der Waals surface area contributed by atoms with Gasteiger partial charge in [-0.1, -0.05) is 24.3 Å². The fraction of sp³-hybridized carbons (Fsp3) is 0.263. The number of hydrogen-bond acceptors (Lipinski definition) is 6. The second-order valence-corrected chi connectivity index (χ2v) is 7.06. The number of fused-ring (bicyclic) bond motifs is 4. The predicted molar refractivity (Wildman–Crippen MR) is 96.8 cm³/mol. The van der Waals surface area contributed by atoms with Gasteiger partial charge in [-0.25, -0.2) is 0 Å². The first kappa shape index (κ1) is 14.7. The minimum Gasteiger partial charge on any atom is -0.370 e. The summed E-state index contributed by atoms with van der Waals surface area (Å²) < 4.78 is 8.82. The molecule has 0 radical (unpaired) electrons. The van der Waals surface area contributed by atoms with Crippen LogP contribution in [0.15, 0.2) is 30.3 Å². The van der Waals surface area contributed by atoms with E-state index in [0.29, 0.717) is 27.8 Å². The number of anilines is 1. The smallest absolute Gasteiger partial charge is 0.196 e. The maximum absolute atomic E-state index is 13.0. The highest BCUT2D eigenvalue weighted by atomic mass is 32.1.